The maximum absolute atomic E-state index is 3.84. The monoisotopic (exact) mass is 699 g/mol. The molecule has 1 aliphatic carbocycles. The Hall–Kier alpha value is -3.48. The fraction of sp³-hybridized carbons (Fsp3) is 0.429. The van der Waals surface area contributed by atoms with Crippen molar-refractivity contribution < 1.29 is 0 Å². The summed E-state index contributed by atoms with van der Waals surface area (Å²) in [6.07, 6.45) is 15.7. The first-order valence-electron chi connectivity index (χ1n) is 18.0. The number of rotatable bonds is 0. The quantitative estimate of drug-likeness (QED) is 0.161. The summed E-state index contributed by atoms with van der Waals surface area (Å²) in [5.41, 5.74) is 4.67. The summed E-state index contributed by atoms with van der Waals surface area (Å²) in [6, 6.07) is 20.0. The van der Waals surface area contributed by atoms with E-state index in [0.717, 1.165) is 6.42 Å². The summed E-state index contributed by atoms with van der Waals surface area (Å²) in [7, 11) is 0. The van der Waals surface area contributed by atoms with Gasteiger partial charge in [0.05, 0.1) is 5.51 Å². The third-order valence-corrected chi connectivity index (χ3v) is 5.05. The van der Waals surface area contributed by atoms with Gasteiger partial charge in [0.15, 0.2) is 0 Å². The predicted molar refractivity (Wildman–Crippen MR) is 227 cm³/mol. The minimum absolute atomic E-state index is 1.12. The van der Waals surface area contributed by atoms with Crippen LogP contribution in [0.2, 0.25) is 0 Å². The number of benzene rings is 1. The molecular formula is C42H74N4S2. The Kier molecular flexibility index (Phi) is 87.4. The van der Waals surface area contributed by atoms with Crippen molar-refractivity contribution in [2.45, 2.75) is 124 Å². The standard InChI is InChI=1S/C9H8.C5H5N.C4H4N2.C4H5NS.C4H4S.8C2H6/c1-2-5-9-7-3-6-8(9)4-1;1-2-4-6-5-3-1;1-2-5-4-6-3-1;1-4-2-5-3-6-4;1-2-4-5-3-1;8*1-2/h1-6H,7H2;1-5H;1-4H;2-3H,1H3;1-4H;8*1-2H3. The van der Waals surface area contributed by atoms with Gasteiger partial charge in [-0.3, -0.25) is 9.97 Å². The van der Waals surface area contributed by atoms with E-state index in [1.807, 2.05) is 171 Å². The van der Waals surface area contributed by atoms with Crippen molar-refractivity contribution in [3.63, 3.8) is 0 Å². The van der Waals surface area contributed by atoms with E-state index in [1.54, 1.807) is 53.5 Å². The molecule has 0 unspecified atom stereocenters. The molecule has 0 aliphatic heterocycles. The Morgan fingerprint density at radius 3 is 1.23 bits per heavy atom. The van der Waals surface area contributed by atoms with Crippen LogP contribution < -0.4 is 0 Å². The molecule has 4 aromatic heterocycles. The zero-order chi connectivity index (χ0) is 38.5. The second-order valence-corrected chi connectivity index (χ2v) is 8.05. The molecule has 0 bridgehead atoms. The smallest absolute Gasteiger partial charge is 0.115 e. The molecule has 1 aliphatic rings. The van der Waals surface area contributed by atoms with Gasteiger partial charge in [0.2, 0.25) is 0 Å². The van der Waals surface area contributed by atoms with E-state index in [0.29, 0.717) is 0 Å². The highest BCUT2D eigenvalue weighted by Crippen LogP contribution is 2.17. The number of fused-ring (bicyclic) bond motifs is 1. The van der Waals surface area contributed by atoms with Crippen LogP contribution in [0.3, 0.4) is 0 Å². The number of aromatic nitrogens is 4. The van der Waals surface area contributed by atoms with E-state index in [4.69, 9.17) is 0 Å². The molecule has 274 valence electrons. The summed E-state index contributed by atoms with van der Waals surface area (Å²) < 4.78 is 0. The molecule has 0 atom stereocenters. The molecule has 0 radical (unpaired) electrons. The van der Waals surface area contributed by atoms with Crippen LogP contribution in [0, 0.1) is 6.92 Å². The molecule has 0 saturated carbocycles. The zero-order valence-corrected chi connectivity index (χ0v) is 35.6. The predicted octanol–water partition coefficient (Wildman–Crippen LogP) is 15.2. The highest BCUT2D eigenvalue weighted by Gasteiger charge is 2.00. The Bertz CT molecular complexity index is 951. The zero-order valence-electron chi connectivity index (χ0n) is 33.9. The average molecular weight is 699 g/mol. The number of nitrogens with zero attached hydrogens (tertiary/aromatic N) is 4. The topological polar surface area (TPSA) is 51.6 Å². The number of allylic oxidation sites excluding steroid dienone is 1. The normalized spacial score (nSPS) is 7.52. The van der Waals surface area contributed by atoms with Crippen LogP contribution in [0.25, 0.3) is 6.08 Å². The van der Waals surface area contributed by atoms with Crippen molar-refractivity contribution in [3.05, 3.63) is 136 Å². The molecule has 0 spiro atoms. The second-order valence-electron chi connectivity index (χ2n) is 6.14. The lowest BCUT2D eigenvalue weighted by molar-refractivity contribution is 1.17. The molecule has 4 heterocycles. The maximum Gasteiger partial charge on any atom is 0.115 e. The summed E-state index contributed by atoms with van der Waals surface area (Å²) in [5.74, 6) is 0. The lowest BCUT2D eigenvalue weighted by atomic mass is 10.1. The molecule has 0 saturated heterocycles. The lowest BCUT2D eigenvalue weighted by Crippen LogP contribution is -1.76. The van der Waals surface area contributed by atoms with E-state index in [2.05, 4.69) is 56.4 Å². The van der Waals surface area contributed by atoms with E-state index in [1.165, 1.54) is 22.3 Å². The van der Waals surface area contributed by atoms with Crippen molar-refractivity contribution in [2.75, 3.05) is 0 Å². The van der Waals surface area contributed by atoms with Crippen LogP contribution in [0.5, 0.6) is 0 Å². The van der Waals surface area contributed by atoms with Gasteiger partial charge in [-0.2, -0.15) is 11.3 Å². The highest BCUT2D eigenvalue weighted by molar-refractivity contribution is 7.09. The van der Waals surface area contributed by atoms with Gasteiger partial charge in [0, 0.05) is 35.9 Å². The highest BCUT2D eigenvalue weighted by atomic mass is 32.1. The van der Waals surface area contributed by atoms with Crippen LogP contribution in [-0.2, 0) is 6.42 Å². The van der Waals surface area contributed by atoms with E-state index in [9.17, 15) is 0 Å². The van der Waals surface area contributed by atoms with Crippen LogP contribution in [-0.4, -0.2) is 19.9 Å². The summed E-state index contributed by atoms with van der Waals surface area (Å²) in [4.78, 5) is 16.2. The van der Waals surface area contributed by atoms with Crippen LogP contribution in [0.15, 0.2) is 120 Å². The van der Waals surface area contributed by atoms with Gasteiger partial charge in [-0.1, -0.05) is 165 Å². The molecule has 0 amide bonds. The first-order valence-corrected chi connectivity index (χ1v) is 19.8. The molecule has 48 heavy (non-hydrogen) atoms. The molecule has 0 fully saturated rings. The van der Waals surface area contributed by atoms with Gasteiger partial charge < -0.3 is 0 Å². The third kappa shape index (κ3) is 52.1. The van der Waals surface area contributed by atoms with Crippen molar-refractivity contribution in [3.8, 4) is 0 Å². The third-order valence-electron chi connectivity index (χ3n) is 3.72. The number of thiophene rings is 1. The summed E-state index contributed by atoms with van der Waals surface area (Å²) >= 11 is 3.38. The van der Waals surface area contributed by atoms with Gasteiger partial charge in [0.25, 0.3) is 0 Å². The number of thiazole rings is 1. The Morgan fingerprint density at radius 2 is 0.979 bits per heavy atom. The van der Waals surface area contributed by atoms with Gasteiger partial charge in [0.1, 0.15) is 6.33 Å². The second kappa shape index (κ2) is 70.0. The van der Waals surface area contributed by atoms with Gasteiger partial charge in [-0.15, -0.1) is 11.3 Å². The fourth-order valence-electron chi connectivity index (χ4n) is 2.27. The maximum atomic E-state index is 3.84. The Balaban J connectivity index is -0.0000000800. The molecule has 4 nitrogen and oxygen atoms in total. The van der Waals surface area contributed by atoms with Crippen molar-refractivity contribution in [1.29, 1.82) is 0 Å². The van der Waals surface area contributed by atoms with Crippen molar-refractivity contribution in [1.82, 2.24) is 19.9 Å². The van der Waals surface area contributed by atoms with Crippen LogP contribution >= 0.6 is 22.7 Å². The lowest BCUT2D eigenvalue weighted by Gasteiger charge is -1.93. The van der Waals surface area contributed by atoms with Gasteiger partial charge in [-0.05, 0) is 53.4 Å². The first kappa shape index (κ1) is 59.9. The van der Waals surface area contributed by atoms with Crippen molar-refractivity contribution >= 4 is 28.7 Å². The largest absolute Gasteiger partial charge is 0.265 e. The molecular weight excluding hydrogens is 625 g/mol. The SMILES string of the molecule is C1=Cc2ccccc2C1.CC.CC.CC.CC.CC.CC.CC.CC.Cc1cncs1.c1ccncc1.c1ccsc1.c1cncnc1. The van der Waals surface area contributed by atoms with Crippen LogP contribution in [0.1, 0.15) is 127 Å². The van der Waals surface area contributed by atoms with Gasteiger partial charge >= 0.3 is 0 Å². The summed E-state index contributed by atoms with van der Waals surface area (Å²) in [6.45, 7) is 34.0. The minimum Gasteiger partial charge on any atom is -0.265 e. The number of aryl methyl sites for hydroxylation is 1. The van der Waals surface area contributed by atoms with E-state index in [-0.39, 0.29) is 0 Å². The molecule has 6 rings (SSSR count). The molecule has 1 aromatic carbocycles. The summed E-state index contributed by atoms with van der Waals surface area (Å²) in [5, 5.41) is 4.08. The Labute approximate surface area is 307 Å². The average Bonchev–Trinajstić information content (AvgIpc) is 4.06. The van der Waals surface area contributed by atoms with Crippen LogP contribution in [0.4, 0.5) is 0 Å². The van der Waals surface area contributed by atoms with E-state index < -0.39 is 0 Å². The van der Waals surface area contributed by atoms with E-state index >= 15 is 0 Å². The first-order chi connectivity index (χ1) is 23.9. The number of hydrogen-bond donors (Lipinski definition) is 0. The number of pyridine rings is 1. The minimum atomic E-state index is 1.12. The molecule has 0 N–H and O–H groups in total. The Morgan fingerprint density at radius 1 is 0.500 bits per heavy atom. The molecule has 5 aromatic rings. The molecule has 6 heteroatoms. The fourth-order valence-corrected chi connectivity index (χ4v) is 3.13. The van der Waals surface area contributed by atoms with Crippen molar-refractivity contribution in [2.24, 2.45) is 0 Å². The number of hydrogen-bond acceptors (Lipinski definition) is 6. The van der Waals surface area contributed by atoms with Gasteiger partial charge in [-0.25, -0.2) is 9.97 Å².